The van der Waals surface area contributed by atoms with Gasteiger partial charge in [-0.15, -0.1) is 11.3 Å². The molecule has 2 aliphatic rings. The minimum absolute atomic E-state index is 0.101. The molecule has 0 bridgehead atoms. The van der Waals surface area contributed by atoms with Crippen molar-refractivity contribution in [1.29, 1.82) is 0 Å². The van der Waals surface area contributed by atoms with E-state index in [2.05, 4.69) is 21.6 Å². The van der Waals surface area contributed by atoms with E-state index in [4.69, 9.17) is 14.5 Å². The molecule has 0 saturated carbocycles. The van der Waals surface area contributed by atoms with E-state index in [0.29, 0.717) is 30.4 Å². The minimum Gasteiger partial charge on any atom is -0.486 e. The number of thiazole rings is 1. The third-order valence-corrected chi connectivity index (χ3v) is 6.50. The summed E-state index contributed by atoms with van der Waals surface area (Å²) < 4.78 is 12.1. The third kappa shape index (κ3) is 4.33. The highest BCUT2D eigenvalue weighted by Gasteiger charge is 2.30. The summed E-state index contributed by atoms with van der Waals surface area (Å²) in [6.45, 7) is 1.92. The molecule has 2 aliphatic heterocycles. The van der Waals surface area contributed by atoms with Gasteiger partial charge in [0, 0.05) is 11.8 Å². The molecule has 0 radical (unpaired) electrons. The van der Waals surface area contributed by atoms with Gasteiger partial charge in [-0.05, 0) is 43.7 Å². The fraction of sp³-hybridized carbons (Fsp3) is 0.318. The van der Waals surface area contributed by atoms with Crippen LogP contribution >= 0.6 is 11.3 Å². The maximum Gasteiger partial charge on any atom is 0.325 e. The Hall–Kier alpha value is -3.17. The molecular formula is C22H22N4O4S. The minimum atomic E-state index is -0.572. The molecule has 3 heterocycles. The monoisotopic (exact) mass is 438 g/mol. The van der Waals surface area contributed by atoms with E-state index in [0.717, 1.165) is 34.6 Å². The van der Waals surface area contributed by atoms with Crippen molar-refractivity contribution >= 4 is 39.2 Å². The number of nitrogens with zero attached hydrogens (tertiary/aromatic N) is 2. The zero-order valence-corrected chi connectivity index (χ0v) is 17.6. The van der Waals surface area contributed by atoms with E-state index in [1.54, 1.807) is 29.5 Å². The Bertz CT molecular complexity index is 1100. The molecule has 1 aromatic heterocycles. The van der Waals surface area contributed by atoms with Crippen molar-refractivity contribution < 1.29 is 19.1 Å². The summed E-state index contributed by atoms with van der Waals surface area (Å²) in [6, 6.07) is 12.7. The predicted octanol–water partition coefficient (Wildman–Crippen LogP) is 3.55. The maximum absolute atomic E-state index is 12.5. The van der Waals surface area contributed by atoms with Gasteiger partial charge in [0.15, 0.2) is 11.5 Å². The topological polar surface area (TPSA) is 92.8 Å². The summed E-state index contributed by atoms with van der Waals surface area (Å²) in [7, 11) is 0. The molecule has 1 saturated heterocycles. The molecule has 8 nitrogen and oxygen atoms in total. The summed E-state index contributed by atoms with van der Waals surface area (Å²) in [4.78, 5) is 31.6. The first-order chi connectivity index (χ1) is 15.2. The van der Waals surface area contributed by atoms with Gasteiger partial charge < -0.3 is 14.8 Å². The predicted molar refractivity (Wildman–Crippen MR) is 118 cm³/mol. The summed E-state index contributed by atoms with van der Waals surface area (Å²) >= 11 is 1.67. The van der Waals surface area contributed by atoms with E-state index in [1.165, 1.54) is 0 Å². The molecule has 2 N–H and O–H groups in total. The molecule has 1 fully saturated rings. The molecule has 9 heteroatoms. The first-order valence-electron chi connectivity index (χ1n) is 10.3. The SMILES string of the molecule is O=C(CN1CCCC1c1nc2ccccc2s1)NC(=O)Nc1ccc2c(c1)OCCO2. The first kappa shape index (κ1) is 19.8. The quantitative estimate of drug-likeness (QED) is 0.647. The number of hydrogen-bond donors (Lipinski definition) is 2. The highest BCUT2D eigenvalue weighted by atomic mass is 32.1. The fourth-order valence-corrected chi connectivity index (χ4v) is 5.10. The molecule has 2 aromatic carbocycles. The fourth-order valence-electron chi connectivity index (χ4n) is 3.96. The van der Waals surface area contributed by atoms with Gasteiger partial charge in [0.25, 0.3) is 0 Å². The number of urea groups is 1. The van der Waals surface area contributed by atoms with Crippen molar-refractivity contribution in [3.8, 4) is 11.5 Å². The summed E-state index contributed by atoms with van der Waals surface area (Å²) in [5.41, 5.74) is 1.51. The van der Waals surface area contributed by atoms with E-state index < -0.39 is 6.03 Å². The first-order valence-corrected chi connectivity index (χ1v) is 11.1. The van der Waals surface area contributed by atoms with E-state index >= 15 is 0 Å². The number of imide groups is 1. The highest BCUT2D eigenvalue weighted by molar-refractivity contribution is 7.18. The Kier molecular flexibility index (Phi) is 5.44. The molecule has 3 aromatic rings. The number of nitrogens with one attached hydrogen (secondary N) is 2. The van der Waals surface area contributed by atoms with E-state index in [-0.39, 0.29) is 18.5 Å². The number of rotatable bonds is 4. The number of carbonyl (C=O) groups is 2. The largest absolute Gasteiger partial charge is 0.486 e. The smallest absolute Gasteiger partial charge is 0.325 e. The lowest BCUT2D eigenvalue weighted by Gasteiger charge is -2.22. The second-order valence-corrected chi connectivity index (χ2v) is 8.57. The standard InChI is InChI=1S/C22H22N4O4S/c27-20(25-22(28)23-14-7-8-17-18(12-14)30-11-10-29-17)13-26-9-3-5-16(26)21-24-15-4-1-2-6-19(15)31-21/h1-2,4,6-8,12,16H,3,5,9-11,13H2,(H2,23,25,27,28). The number of benzene rings is 2. The number of likely N-dealkylation sites (tertiary alicyclic amines) is 1. The Morgan fingerprint density at radius 1 is 1.13 bits per heavy atom. The van der Waals surface area contributed by atoms with Crippen molar-refractivity contribution in [3.05, 3.63) is 47.5 Å². The van der Waals surface area contributed by atoms with Gasteiger partial charge >= 0.3 is 6.03 Å². The van der Waals surface area contributed by atoms with Crippen LogP contribution in [-0.4, -0.2) is 48.1 Å². The lowest BCUT2D eigenvalue weighted by Crippen LogP contribution is -2.41. The molecule has 31 heavy (non-hydrogen) atoms. The van der Waals surface area contributed by atoms with Gasteiger partial charge in [0.1, 0.15) is 18.2 Å². The number of ether oxygens (including phenoxy) is 2. The van der Waals surface area contributed by atoms with Gasteiger partial charge in [-0.3, -0.25) is 15.0 Å². The lowest BCUT2D eigenvalue weighted by molar-refractivity contribution is -0.121. The van der Waals surface area contributed by atoms with Gasteiger partial charge in [-0.1, -0.05) is 12.1 Å². The molecule has 1 atom stereocenters. The molecule has 1 unspecified atom stereocenters. The normalized spacial score (nSPS) is 18.1. The van der Waals surface area contributed by atoms with Crippen molar-refractivity contribution in [2.45, 2.75) is 18.9 Å². The highest BCUT2D eigenvalue weighted by Crippen LogP contribution is 2.36. The number of carbonyl (C=O) groups excluding carboxylic acids is 2. The molecule has 160 valence electrons. The van der Waals surface area contributed by atoms with Crippen LogP contribution < -0.4 is 20.1 Å². The number of fused-ring (bicyclic) bond motifs is 2. The van der Waals surface area contributed by atoms with Crippen molar-refractivity contribution in [1.82, 2.24) is 15.2 Å². The summed E-state index contributed by atoms with van der Waals surface area (Å²) in [6.07, 6.45) is 1.95. The van der Waals surface area contributed by atoms with Crippen LogP contribution in [0.4, 0.5) is 10.5 Å². The Morgan fingerprint density at radius 3 is 2.84 bits per heavy atom. The van der Waals surface area contributed by atoms with Crippen LogP contribution in [0.1, 0.15) is 23.9 Å². The van der Waals surface area contributed by atoms with Crippen LogP contribution in [-0.2, 0) is 4.79 Å². The summed E-state index contributed by atoms with van der Waals surface area (Å²) in [5.74, 6) is 0.873. The van der Waals surface area contributed by atoms with Crippen LogP contribution in [0.15, 0.2) is 42.5 Å². The molecule has 0 spiro atoms. The molecule has 3 amide bonds. The lowest BCUT2D eigenvalue weighted by atomic mass is 10.2. The second kappa shape index (κ2) is 8.52. The van der Waals surface area contributed by atoms with Crippen LogP contribution in [0.2, 0.25) is 0 Å². The zero-order chi connectivity index (χ0) is 21.2. The average molecular weight is 439 g/mol. The van der Waals surface area contributed by atoms with Crippen LogP contribution in [0, 0.1) is 0 Å². The number of anilines is 1. The van der Waals surface area contributed by atoms with E-state index in [9.17, 15) is 9.59 Å². The Balaban J connectivity index is 1.19. The molecular weight excluding hydrogens is 416 g/mol. The number of para-hydroxylation sites is 1. The summed E-state index contributed by atoms with van der Waals surface area (Å²) in [5, 5.41) is 6.11. The van der Waals surface area contributed by atoms with Crippen molar-refractivity contribution in [2.24, 2.45) is 0 Å². The van der Waals surface area contributed by atoms with Crippen LogP contribution in [0.5, 0.6) is 11.5 Å². The van der Waals surface area contributed by atoms with Gasteiger partial charge in [0.2, 0.25) is 5.91 Å². The van der Waals surface area contributed by atoms with Crippen molar-refractivity contribution in [3.63, 3.8) is 0 Å². The third-order valence-electron chi connectivity index (χ3n) is 5.36. The molecule has 0 aliphatic carbocycles. The van der Waals surface area contributed by atoms with Crippen LogP contribution in [0.25, 0.3) is 10.2 Å². The van der Waals surface area contributed by atoms with Crippen LogP contribution in [0.3, 0.4) is 0 Å². The van der Waals surface area contributed by atoms with Gasteiger partial charge in [0.05, 0.1) is 22.8 Å². The zero-order valence-electron chi connectivity index (χ0n) is 16.8. The van der Waals surface area contributed by atoms with Crippen molar-refractivity contribution in [2.75, 3.05) is 31.6 Å². The number of aromatic nitrogens is 1. The van der Waals surface area contributed by atoms with Gasteiger partial charge in [-0.2, -0.15) is 0 Å². The Morgan fingerprint density at radius 2 is 1.97 bits per heavy atom. The van der Waals surface area contributed by atoms with E-state index in [1.807, 2.05) is 18.2 Å². The Labute approximate surface area is 183 Å². The number of hydrogen-bond acceptors (Lipinski definition) is 7. The maximum atomic E-state index is 12.5. The van der Waals surface area contributed by atoms with Gasteiger partial charge in [-0.25, -0.2) is 9.78 Å². The second-order valence-electron chi connectivity index (χ2n) is 7.51. The molecule has 5 rings (SSSR count). The average Bonchev–Trinajstić information content (AvgIpc) is 3.39. The number of amides is 3.